The van der Waals surface area contributed by atoms with Gasteiger partial charge in [0.1, 0.15) is 0 Å². The van der Waals surface area contributed by atoms with Gasteiger partial charge in [-0.2, -0.15) is 0 Å². The molecule has 0 saturated heterocycles. The zero-order valence-electron chi connectivity index (χ0n) is 12.4. The Hall–Kier alpha value is -2.20. The molecule has 0 bridgehead atoms. The molecule has 2 unspecified atom stereocenters. The Morgan fingerprint density at radius 1 is 1.14 bits per heavy atom. The monoisotopic (exact) mass is 296 g/mol. The fourth-order valence-electron chi connectivity index (χ4n) is 3.35. The number of non-ortho nitro benzene ring substituents is 1. The summed E-state index contributed by atoms with van der Waals surface area (Å²) in [6.07, 6.45) is 3.67. The summed E-state index contributed by atoms with van der Waals surface area (Å²) >= 11 is 0. The molecule has 0 heterocycles. The number of rotatable bonds is 3. The van der Waals surface area contributed by atoms with Crippen molar-refractivity contribution in [2.75, 3.05) is 0 Å². The van der Waals surface area contributed by atoms with Crippen molar-refractivity contribution in [2.45, 2.75) is 37.6 Å². The highest BCUT2D eigenvalue weighted by Crippen LogP contribution is 2.34. The van der Waals surface area contributed by atoms with Crippen molar-refractivity contribution in [3.8, 4) is 0 Å². The zero-order valence-corrected chi connectivity index (χ0v) is 12.4. The van der Waals surface area contributed by atoms with Gasteiger partial charge in [0.15, 0.2) is 0 Å². The summed E-state index contributed by atoms with van der Waals surface area (Å²) in [7, 11) is 0. The second-order valence-electron chi connectivity index (χ2n) is 6.07. The zero-order chi connectivity index (χ0) is 15.5. The van der Waals surface area contributed by atoms with Gasteiger partial charge in [0.25, 0.3) is 5.69 Å². The Morgan fingerprint density at radius 2 is 1.91 bits per heavy atom. The molecule has 0 fully saturated rings. The van der Waals surface area contributed by atoms with E-state index in [1.165, 1.54) is 11.1 Å². The standard InChI is InChI=1S/C18H20N2O2/c19-16-7-6-14(10-13-4-2-1-3-5-13)18-9-8-17(20(21)22)12-15(18)11-16/h1-5,8-9,12,14,16H,6-7,10-11,19H2. The van der Waals surface area contributed by atoms with Gasteiger partial charge in [-0.25, -0.2) is 0 Å². The summed E-state index contributed by atoms with van der Waals surface area (Å²) in [5, 5.41) is 11.0. The lowest BCUT2D eigenvalue weighted by Gasteiger charge is -2.17. The van der Waals surface area contributed by atoms with Gasteiger partial charge in [0, 0.05) is 18.2 Å². The largest absolute Gasteiger partial charge is 0.327 e. The van der Waals surface area contributed by atoms with E-state index in [0.717, 1.165) is 31.2 Å². The van der Waals surface area contributed by atoms with Crippen LogP contribution in [0.4, 0.5) is 5.69 Å². The minimum absolute atomic E-state index is 0.0847. The molecule has 0 aliphatic heterocycles. The molecular formula is C18H20N2O2. The molecule has 2 atom stereocenters. The Bertz CT molecular complexity index is 670. The van der Waals surface area contributed by atoms with Crippen molar-refractivity contribution >= 4 is 5.69 Å². The summed E-state index contributed by atoms with van der Waals surface area (Å²) in [5.41, 5.74) is 9.88. The molecule has 22 heavy (non-hydrogen) atoms. The van der Waals surface area contributed by atoms with Crippen LogP contribution in [-0.4, -0.2) is 11.0 Å². The first-order valence-electron chi connectivity index (χ1n) is 7.70. The van der Waals surface area contributed by atoms with Gasteiger partial charge >= 0.3 is 0 Å². The number of nitrogens with two attached hydrogens (primary N) is 1. The second kappa shape index (κ2) is 6.28. The first-order valence-corrected chi connectivity index (χ1v) is 7.70. The molecule has 4 nitrogen and oxygen atoms in total. The minimum atomic E-state index is -0.330. The number of nitro groups is 1. The van der Waals surface area contributed by atoms with Gasteiger partial charge < -0.3 is 5.73 Å². The van der Waals surface area contributed by atoms with Crippen LogP contribution in [-0.2, 0) is 12.8 Å². The maximum Gasteiger partial charge on any atom is 0.269 e. The number of nitrogens with zero attached hydrogens (tertiary/aromatic N) is 1. The van der Waals surface area contributed by atoms with Gasteiger partial charge in [-0.3, -0.25) is 10.1 Å². The lowest BCUT2D eigenvalue weighted by molar-refractivity contribution is -0.384. The van der Waals surface area contributed by atoms with Crippen LogP contribution < -0.4 is 5.73 Å². The third-order valence-electron chi connectivity index (χ3n) is 4.47. The average Bonchev–Trinajstić information content (AvgIpc) is 2.67. The summed E-state index contributed by atoms with van der Waals surface area (Å²) in [5.74, 6) is 0.381. The number of hydrogen-bond donors (Lipinski definition) is 1. The van der Waals surface area contributed by atoms with E-state index in [1.54, 1.807) is 12.1 Å². The van der Waals surface area contributed by atoms with Crippen LogP contribution in [0, 0.1) is 10.1 Å². The molecule has 0 radical (unpaired) electrons. The van der Waals surface area contributed by atoms with E-state index in [-0.39, 0.29) is 16.7 Å². The summed E-state index contributed by atoms with van der Waals surface area (Å²) in [4.78, 5) is 10.7. The molecule has 4 heteroatoms. The Morgan fingerprint density at radius 3 is 2.64 bits per heavy atom. The van der Waals surface area contributed by atoms with Gasteiger partial charge in [-0.1, -0.05) is 36.4 Å². The van der Waals surface area contributed by atoms with Crippen LogP contribution in [0.25, 0.3) is 0 Å². The third kappa shape index (κ3) is 3.17. The predicted octanol–water partition coefficient (Wildman–Crippen LogP) is 3.58. The van der Waals surface area contributed by atoms with Crippen molar-refractivity contribution in [1.82, 2.24) is 0 Å². The third-order valence-corrected chi connectivity index (χ3v) is 4.47. The molecule has 0 aromatic heterocycles. The lowest BCUT2D eigenvalue weighted by Crippen LogP contribution is -2.21. The molecule has 1 aliphatic carbocycles. The molecular weight excluding hydrogens is 276 g/mol. The van der Waals surface area contributed by atoms with E-state index in [0.29, 0.717) is 5.92 Å². The van der Waals surface area contributed by atoms with Crippen molar-refractivity contribution < 1.29 is 4.92 Å². The summed E-state index contributed by atoms with van der Waals surface area (Å²) < 4.78 is 0. The van der Waals surface area contributed by atoms with Crippen molar-refractivity contribution in [1.29, 1.82) is 0 Å². The smallest absolute Gasteiger partial charge is 0.269 e. The molecule has 0 spiro atoms. The molecule has 114 valence electrons. The Kier molecular flexibility index (Phi) is 4.20. The van der Waals surface area contributed by atoms with Crippen molar-refractivity contribution in [3.63, 3.8) is 0 Å². The van der Waals surface area contributed by atoms with E-state index >= 15 is 0 Å². The predicted molar refractivity (Wildman–Crippen MR) is 86.9 cm³/mol. The number of nitro benzene ring substituents is 1. The fraction of sp³-hybridized carbons (Fsp3) is 0.333. The second-order valence-corrected chi connectivity index (χ2v) is 6.07. The molecule has 2 aromatic carbocycles. The van der Waals surface area contributed by atoms with E-state index in [2.05, 4.69) is 24.3 Å². The van der Waals surface area contributed by atoms with E-state index in [9.17, 15) is 10.1 Å². The van der Waals surface area contributed by atoms with E-state index < -0.39 is 0 Å². The van der Waals surface area contributed by atoms with Gasteiger partial charge in [-0.15, -0.1) is 0 Å². The fourth-order valence-corrected chi connectivity index (χ4v) is 3.35. The van der Waals surface area contributed by atoms with E-state index in [4.69, 9.17) is 5.73 Å². The Labute approximate surface area is 130 Å². The SMILES string of the molecule is NC1CCC(Cc2ccccc2)c2ccc([N+](=O)[O-])cc2C1. The van der Waals surface area contributed by atoms with Crippen molar-refractivity contribution in [3.05, 3.63) is 75.3 Å². The van der Waals surface area contributed by atoms with Crippen LogP contribution >= 0.6 is 0 Å². The number of benzene rings is 2. The van der Waals surface area contributed by atoms with Crippen LogP contribution in [0.1, 0.15) is 35.4 Å². The maximum atomic E-state index is 11.0. The van der Waals surface area contributed by atoms with Gasteiger partial charge in [0.05, 0.1) is 4.92 Å². The van der Waals surface area contributed by atoms with Crippen molar-refractivity contribution in [2.24, 2.45) is 5.73 Å². The van der Waals surface area contributed by atoms with Crippen LogP contribution in [0.5, 0.6) is 0 Å². The minimum Gasteiger partial charge on any atom is -0.327 e. The lowest BCUT2D eigenvalue weighted by atomic mass is 9.87. The molecule has 2 aromatic rings. The number of fused-ring (bicyclic) bond motifs is 1. The highest BCUT2D eigenvalue weighted by molar-refractivity contribution is 5.43. The molecule has 1 aliphatic rings. The quantitative estimate of drug-likeness (QED) is 0.534. The Balaban J connectivity index is 1.94. The molecule has 3 rings (SSSR count). The normalized spacial score (nSPS) is 21.0. The van der Waals surface area contributed by atoms with Gasteiger partial charge in [-0.05, 0) is 48.3 Å². The first kappa shape index (κ1) is 14.7. The summed E-state index contributed by atoms with van der Waals surface area (Å²) in [6, 6.07) is 15.7. The van der Waals surface area contributed by atoms with Crippen LogP contribution in [0.15, 0.2) is 48.5 Å². The highest BCUT2D eigenvalue weighted by Gasteiger charge is 2.24. The average molecular weight is 296 g/mol. The summed E-state index contributed by atoms with van der Waals surface area (Å²) in [6.45, 7) is 0. The molecule has 2 N–H and O–H groups in total. The maximum absolute atomic E-state index is 11.0. The first-order chi connectivity index (χ1) is 10.6. The van der Waals surface area contributed by atoms with Gasteiger partial charge in [0.2, 0.25) is 0 Å². The van der Waals surface area contributed by atoms with Crippen LogP contribution in [0.3, 0.4) is 0 Å². The topological polar surface area (TPSA) is 69.2 Å². The highest BCUT2D eigenvalue weighted by atomic mass is 16.6. The van der Waals surface area contributed by atoms with Crippen LogP contribution in [0.2, 0.25) is 0 Å². The molecule has 0 saturated carbocycles. The van der Waals surface area contributed by atoms with E-state index in [1.807, 2.05) is 12.1 Å². The molecule has 0 amide bonds. The number of hydrogen-bond acceptors (Lipinski definition) is 3.